The Hall–Kier alpha value is -2.54. The fourth-order valence-corrected chi connectivity index (χ4v) is 2.53. The van der Waals surface area contributed by atoms with Gasteiger partial charge in [-0.1, -0.05) is 17.3 Å². The summed E-state index contributed by atoms with van der Waals surface area (Å²) in [4.78, 5) is 24.1. The Kier molecular flexibility index (Phi) is 3.72. The van der Waals surface area contributed by atoms with Crippen molar-refractivity contribution in [2.24, 2.45) is 0 Å². The molecule has 1 N–H and O–H groups in total. The standard InChI is InChI=1S/C15H15N3O4/c1-2-22-15(21)14-13-7-11(20)6-10-4-3-9(8-19)5-12(10)18(13)17-16-14/h3-5,19H,2,6-8H2,1H3. The van der Waals surface area contributed by atoms with Gasteiger partial charge in [0, 0.05) is 6.42 Å². The van der Waals surface area contributed by atoms with Gasteiger partial charge in [-0.15, -0.1) is 5.10 Å². The van der Waals surface area contributed by atoms with Crippen molar-refractivity contribution >= 4 is 11.8 Å². The van der Waals surface area contributed by atoms with Crippen LogP contribution in [0.5, 0.6) is 0 Å². The molecule has 2 heterocycles. The molecule has 2 aromatic rings. The maximum atomic E-state index is 12.1. The van der Waals surface area contributed by atoms with Gasteiger partial charge in [0.2, 0.25) is 0 Å². The number of aromatic nitrogens is 3. The second kappa shape index (κ2) is 5.69. The van der Waals surface area contributed by atoms with Gasteiger partial charge in [-0.3, -0.25) is 4.79 Å². The molecule has 0 fully saturated rings. The molecule has 1 aromatic heterocycles. The largest absolute Gasteiger partial charge is 0.461 e. The van der Waals surface area contributed by atoms with Gasteiger partial charge in [0.15, 0.2) is 5.69 Å². The average Bonchev–Trinajstić information content (AvgIpc) is 2.85. The van der Waals surface area contributed by atoms with Crippen molar-refractivity contribution in [2.45, 2.75) is 26.4 Å². The quantitative estimate of drug-likeness (QED) is 0.834. The SMILES string of the molecule is CCOC(=O)c1nnn2c1CC(=O)Cc1ccc(CO)cc1-2. The second-order valence-corrected chi connectivity index (χ2v) is 5.03. The lowest BCUT2D eigenvalue weighted by molar-refractivity contribution is -0.117. The summed E-state index contributed by atoms with van der Waals surface area (Å²) < 4.78 is 6.45. The van der Waals surface area contributed by atoms with E-state index in [0.717, 1.165) is 5.56 Å². The molecule has 0 saturated heterocycles. The van der Waals surface area contributed by atoms with Crippen LogP contribution in [-0.2, 0) is 29.0 Å². The van der Waals surface area contributed by atoms with E-state index in [1.54, 1.807) is 25.1 Å². The van der Waals surface area contributed by atoms with Gasteiger partial charge in [0.25, 0.3) is 0 Å². The second-order valence-electron chi connectivity index (χ2n) is 5.03. The van der Waals surface area contributed by atoms with Crippen molar-refractivity contribution in [3.05, 3.63) is 40.7 Å². The summed E-state index contributed by atoms with van der Waals surface area (Å²) in [6, 6.07) is 5.31. The smallest absolute Gasteiger partial charge is 0.360 e. The molecule has 0 atom stereocenters. The zero-order chi connectivity index (χ0) is 15.7. The van der Waals surface area contributed by atoms with Gasteiger partial charge in [0.05, 0.1) is 31.0 Å². The Morgan fingerprint density at radius 3 is 2.95 bits per heavy atom. The fraction of sp³-hybridized carbons (Fsp3) is 0.333. The fourth-order valence-electron chi connectivity index (χ4n) is 2.53. The third kappa shape index (κ3) is 2.39. The lowest BCUT2D eigenvalue weighted by Crippen LogP contribution is -2.12. The van der Waals surface area contributed by atoms with E-state index in [9.17, 15) is 14.7 Å². The molecule has 1 aliphatic heterocycles. The molecule has 0 saturated carbocycles. The van der Waals surface area contributed by atoms with Crippen LogP contribution in [0, 0.1) is 0 Å². The molecule has 114 valence electrons. The Morgan fingerprint density at radius 2 is 2.23 bits per heavy atom. The molecule has 7 nitrogen and oxygen atoms in total. The average molecular weight is 301 g/mol. The van der Waals surface area contributed by atoms with E-state index in [-0.39, 0.29) is 37.5 Å². The van der Waals surface area contributed by atoms with Crippen molar-refractivity contribution < 1.29 is 19.4 Å². The van der Waals surface area contributed by atoms with Crippen LogP contribution >= 0.6 is 0 Å². The predicted octanol–water partition coefficient (Wildman–Crippen LogP) is 0.604. The number of esters is 1. The lowest BCUT2D eigenvalue weighted by atomic mass is 10.0. The zero-order valence-electron chi connectivity index (χ0n) is 12.1. The van der Waals surface area contributed by atoms with Crippen molar-refractivity contribution in [1.29, 1.82) is 0 Å². The normalized spacial score (nSPS) is 13.3. The Balaban J connectivity index is 2.16. The number of carbonyl (C=O) groups is 2. The van der Waals surface area contributed by atoms with Gasteiger partial charge in [-0.05, 0) is 24.1 Å². The molecule has 1 aliphatic rings. The highest BCUT2D eigenvalue weighted by Gasteiger charge is 2.27. The van der Waals surface area contributed by atoms with Crippen LogP contribution < -0.4 is 0 Å². The van der Waals surface area contributed by atoms with Crippen LogP contribution in [0.4, 0.5) is 0 Å². The number of hydrogen-bond donors (Lipinski definition) is 1. The van der Waals surface area contributed by atoms with Gasteiger partial charge in [0.1, 0.15) is 5.78 Å². The van der Waals surface area contributed by atoms with Gasteiger partial charge in [-0.25, -0.2) is 9.48 Å². The highest BCUT2D eigenvalue weighted by molar-refractivity contribution is 5.92. The van der Waals surface area contributed by atoms with E-state index in [1.807, 2.05) is 0 Å². The molecule has 0 aliphatic carbocycles. The summed E-state index contributed by atoms with van der Waals surface area (Å²) in [5.41, 5.74) is 2.65. The minimum atomic E-state index is -0.585. The van der Waals surface area contributed by atoms with Gasteiger partial charge in [-0.2, -0.15) is 0 Å². The van der Waals surface area contributed by atoms with Crippen LogP contribution in [0.3, 0.4) is 0 Å². The van der Waals surface area contributed by atoms with Crippen molar-refractivity contribution in [2.75, 3.05) is 6.61 Å². The number of rotatable bonds is 3. The van der Waals surface area contributed by atoms with E-state index in [1.165, 1.54) is 4.68 Å². The minimum absolute atomic E-state index is 0.0235. The number of benzene rings is 1. The number of ketones is 1. The maximum Gasteiger partial charge on any atom is 0.360 e. The first kappa shape index (κ1) is 14.4. The number of hydrogen-bond acceptors (Lipinski definition) is 6. The van der Waals surface area contributed by atoms with Crippen LogP contribution in [0.1, 0.15) is 34.2 Å². The van der Waals surface area contributed by atoms with E-state index >= 15 is 0 Å². The molecule has 7 heteroatoms. The van der Waals surface area contributed by atoms with Crippen LogP contribution in [0.25, 0.3) is 5.69 Å². The van der Waals surface area contributed by atoms with Crippen LogP contribution in [-0.4, -0.2) is 38.5 Å². The van der Waals surface area contributed by atoms with Crippen molar-refractivity contribution in [3.8, 4) is 5.69 Å². The van der Waals surface area contributed by atoms with Crippen LogP contribution in [0.15, 0.2) is 18.2 Å². The minimum Gasteiger partial charge on any atom is -0.461 e. The third-order valence-electron chi connectivity index (χ3n) is 3.54. The molecular formula is C15H15N3O4. The summed E-state index contributed by atoms with van der Waals surface area (Å²) in [6.07, 6.45) is 0.330. The van der Waals surface area contributed by atoms with E-state index in [2.05, 4.69) is 10.3 Å². The summed E-state index contributed by atoms with van der Waals surface area (Å²) in [5, 5.41) is 17.2. The van der Waals surface area contributed by atoms with Crippen molar-refractivity contribution in [3.63, 3.8) is 0 Å². The monoisotopic (exact) mass is 301 g/mol. The number of nitrogens with zero attached hydrogens (tertiary/aromatic N) is 3. The molecule has 0 spiro atoms. The van der Waals surface area contributed by atoms with E-state index in [4.69, 9.17) is 4.74 Å². The maximum absolute atomic E-state index is 12.1. The van der Waals surface area contributed by atoms with Crippen LogP contribution in [0.2, 0.25) is 0 Å². The number of Topliss-reactive ketones (excluding diaryl/α,β-unsaturated/α-hetero) is 1. The first-order valence-corrected chi connectivity index (χ1v) is 7.00. The number of ether oxygens (including phenoxy) is 1. The van der Waals surface area contributed by atoms with Crippen molar-refractivity contribution in [1.82, 2.24) is 15.0 Å². The Bertz CT molecular complexity index is 751. The molecule has 0 bridgehead atoms. The number of aliphatic hydroxyl groups excluding tert-OH is 1. The highest BCUT2D eigenvalue weighted by Crippen LogP contribution is 2.24. The molecule has 0 unspecified atom stereocenters. The number of fused-ring (bicyclic) bond motifs is 3. The Morgan fingerprint density at radius 1 is 1.41 bits per heavy atom. The first-order valence-electron chi connectivity index (χ1n) is 7.00. The van der Waals surface area contributed by atoms with E-state index in [0.29, 0.717) is 16.9 Å². The summed E-state index contributed by atoms with van der Waals surface area (Å²) >= 11 is 0. The number of carbonyl (C=O) groups excluding carboxylic acids is 2. The molecular weight excluding hydrogens is 286 g/mol. The highest BCUT2D eigenvalue weighted by atomic mass is 16.5. The van der Waals surface area contributed by atoms with Gasteiger partial charge < -0.3 is 9.84 Å². The molecule has 0 amide bonds. The van der Waals surface area contributed by atoms with E-state index < -0.39 is 5.97 Å². The molecule has 0 radical (unpaired) electrons. The topological polar surface area (TPSA) is 94.3 Å². The summed E-state index contributed by atoms with van der Waals surface area (Å²) in [7, 11) is 0. The molecule has 22 heavy (non-hydrogen) atoms. The molecule has 1 aromatic carbocycles. The Labute approximate surface area is 126 Å². The zero-order valence-corrected chi connectivity index (χ0v) is 12.1. The molecule has 3 rings (SSSR count). The number of aliphatic hydroxyl groups is 1. The lowest BCUT2D eigenvalue weighted by Gasteiger charge is -2.08. The van der Waals surface area contributed by atoms with Gasteiger partial charge >= 0.3 is 5.97 Å². The summed E-state index contributed by atoms with van der Waals surface area (Å²) in [5.74, 6) is -0.608. The first-order chi connectivity index (χ1) is 10.6. The summed E-state index contributed by atoms with van der Waals surface area (Å²) in [6.45, 7) is 1.81. The third-order valence-corrected chi connectivity index (χ3v) is 3.54. The predicted molar refractivity (Wildman–Crippen MR) is 75.7 cm³/mol.